The third kappa shape index (κ3) is 4.63. The van der Waals surface area contributed by atoms with Crippen LogP contribution in [0.15, 0.2) is 5.29 Å². The van der Waals surface area contributed by atoms with Crippen molar-refractivity contribution >= 4 is 21.8 Å². The van der Waals surface area contributed by atoms with Gasteiger partial charge in [-0.1, -0.05) is 13.8 Å². The molecule has 6 nitrogen and oxygen atoms in total. The predicted molar refractivity (Wildman–Crippen MR) is 64.2 cm³/mol. The minimum atomic E-state index is -3.81. The summed E-state index contributed by atoms with van der Waals surface area (Å²) in [7, 11) is -2.39. The van der Waals surface area contributed by atoms with Crippen molar-refractivity contribution in [1.29, 1.82) is 0 Å². The fraction of sp³-hybridized carbons (Fsp3) is 1.00. The Kier molecular flexibility index (Phi) is 6.85. The summed E-state index contributed by atoms with van der Waals surface area (Å²) in [6, 6.07) is 0. The van der Waals surface area contributed by atoms with Crippen LogP contribution in [0.2, 0.25) is 0 Å². The maximum absolute atomic E-state index is 11.8. The van der Waals surface area contributed by atoms with Crippen LogP contribution in [-0.4, -0.2) is 43.2 Å². The number of hydrogen-bond acceptors (Lipinski definition) is 4. The highest BCUT2D eigenvalue weighted by Gasteiger charge is 2.26. The van der Waals surface area contributed by atoms with Crippen molar-refractivity contribution in [3.8, 4) is 0 Å². The van der Waals surface area contributed by atoms with Crippen LogP contribution in [0.3, 0.4) is 0 Å². The summed E-state index contributed by atoms with van der Waals surface area (Å²) in [4.78, 5) is 10.4. The molecule has 0 aromatic carbocycles. The first-order valence-electron chi connectivity index (χ1n) is 4.99. The molecule has 0 spiro atoms. The van der Waals surface area contributed by atoms with Gasteiger partial charge in [0.15, 0.2) is 0 Å². The van der Waals surface area contributed by atoms with E-state index in [0.717, 1.165) is 10.7 Å². The summed E-state index contributed by atoms with van der Waals surface area (Å²) < 4.78 is 25.1. The molecule has 0 amide bonds. The third-order valence-electron chi connectivity index (χ3n) is 2.05. The highest BCUT2D eigenvalue weighted by molar-refractivity contribution is 7.86. The molecule has 0 aliphatic rings. The number of nitrogens with zero attached hydrogens (tertiary/aromatic N) is 3. The Morgan fingerprint density at radius 3 is 2.25 bits per heavy atom. The van der Waals surface area contributed by atoms with Crippen LogP contribution in [0.4, 0.5) is 0 Å². The van der Waals surface area contributed by atoms with Crippen LogP contribution in [-0.2, 0) is 10.2 Å². The molecule has 0 rings (SSSR count). The molecule has 0 aliphatic carbocycles. The van der Waals surface area contributed by atoms with Crippen LogP contribution >= 0.6 is 11.6 Å². The summed E-state index contributed by atoms with van der Waals surface area (Å²) in [5.74, 6) is 0.423. The van der Waals surface area contributed by atoms with Crippen LogP contribution in [0.1, 0.15) is 20.3 Å². The molecule has 0 heterocycles. The molecule has 0 aliphatic heterocycles. The van der Waals surface area contributed by atoms with E-state index in [0.29, 0.717) is 16.9 Å². The largest absolute Gasteiger partial charge is 0.321 e. The van der Waals surface area contributed by atoms with Crippen LogP contribution in [0.25, 0.3) is 0 Å². The zero-order chi connectivity index (χ0) is 12.8. The highest BCUT2D eigenvalue weighted by atomic mass is 35.5. The van der Waals surface area contributed by atoms with Crippen molar-refractivity contribution in [1.82, 2.24) is 8.72 Å². The van der Waals surface area contributed by atoms with Crippen molar-refractivity contribution in [3.63, 3.8) is 0 Å². The number of alkyl halides is 1. The Balaban J connectivity index is 4.56. The first kappa shape index (κ1) is 15.6. The summed E-state index contributed by atoms with van der Waals surface area (Å²) in [6.07, 6.45) is 0.725. The van der Waals surface area contributed by atoms with Gasteiger partial charge in [-0.15, -0.1) is 20.9 Å². The highest BCUT2D eigenvalue weighted by Crippen LogP contribution is 2.10. The van der Waals surface area contributed by atoms with Crippen LogP contribution in [0, 0.1) is 10.8 Å². The van der Waals surface area contributed by atoms with Gasteiger partial charge in [-0.2, -0.15) is 12.7 Å². The zero-order valence-electron chi connectivity index (χ0n) is 9.76. The maximum Gasteiger partial charge on any atom is 0.321 e. The molecule has 0 atom stereocenters. The molecule has 0 bridgehead atoms. The number of hydrogen-bond donors (Lipinski definition) is 0. The van der Waals surface area contributed by atoms with Gasteiger partial charge in [0.2, 0.25) is 0 Å². The van der Waals surface area contributed by atoms with Gasteiger partial charge in [-0.05, 0) is 12.3 Å². The molecule has 0 saturated carbocycles. The second-order valence-corrected chi connectivity index (χ2v) is 6.15. The van der Waals surface area contributed by atoms with E-state index in [1.54, 1.807) is 0 Å². The monoisotopic (exact) mass is 271 g/mol. The lowest BCUT2D eigenvalue weighted by molar-refractivity contribution is 0.363. The van der Waals surface area contributed by atoms with Crippen molar-refractivity contribution in [3.05, 3.63) is 4.91 Å². The Morgan fingerprint density at radius 1 is 1.31 bits per heavy atom. The Morgan fingerprint density at radius 2 is 1.88 bits per heavy atom. The van der Waals surface area contributed by atoms with Gasteiger partial charge in [0.05, 0.1) is 11.8 Å². The molecule has 8 heteroatoms. The van der Waals surface area contributed by atoms with Gasteiger partial charge in [0.25, 0.3) is 0 Å². The van der Waals surface area contributed by atoms with Gasteiger partial charge in [0, 0.05) is 19.5 Å². The Hall–Kier alpha value is -0.400. The molecule has 0 aromatic rings. The van der Waals surface area contributed by atoms with Crippen molar-refractivity contribution in [2.45, 2.75) is 20.3 Å². The molecular weight excluding hydrogens is 254 g/mol. The predicted octanol–water partition coefficient (Wildman–Crippen LogP) is 1.43. The Labute approximate surface area is 102 Å². The summed E-state index contributed by atoms with van der Waals surface area (Å²) >= 11 is 5.39. The molecule has 0 saturated heterocycles. The van der Waals surface area contributed by atoms with Crippen LogP contribution in [0.5, 0.6) is 0 Å². The summed E-state index contributed by atoms with van der Waals surface area (Å²) in [6.45, 7) is 4.23. The SMILES string of the molecule is CC(C)CCN(C)S(=O)(=O)N(CCCl)N=O. The summed E-state index contributed by atoms with van der Waals surface area (Å²) in [5.41, 5.74) is 0. The fourth-order valence-corrected chi connectivity index (χ4v) is 2.31. The molecule has 0 radical (unpaired) electrons. The fourth-order valence-electron chi connectivity index (χ4n) is 0.987. The van der Waals surface area contributed by atoms with E-state index in [4.69, 9.17) is 11.6 Å². The van der Waals surface area contributed by atoms with E-state index < -0.39 is 10.2 Å². The minimum absolute atomic E-state index is 0.0307. The first-order chi connectivity index (χ1) is 7.36. The van der Waals surface area contributed by atoms with Gasteiger partial charge in [-0.25, -0.2) is 0 Å². The first-order valence-corrected chi connectivity index (χ1v) is 6.92. The maximum atomic E-state index is 11.8. The van der Waals surface area contributed by atoms with Gasteiger partial charge < -0.3 is 0 Å². The second kappa shape index (κ2) is 7.03. The lowest BCUT2D eigenvalue weighted by Gasteiger charge is -2.22. The lowest BCUT2D eigenvalue weighted by atomic mass is 10.1. The quantitative estimate of drug-likeness (QED) is 0.381. The molecule has 0 unspecified atom stereocenters. The zero-order valence-corrected chi connectivity index (χ0v) is 11.3. The van der Waals surface area contributed by atoms with E-state index in [9.17, 15) is 13.3 Å². The summed E-state index contributed by atoms with van der Waals surface area (Å²) in [5, 5.41) is 2.47. The topological polar surface area (TPSA) is 70.1 Å². The van der Waals surface area contributed by atoms with Gasteiger partial charge in [0.1, 0.15) is 0 Å². The van der Waals surface area contributed by atoms with Crippen molar-refractivity contribution < 1.29 is 8.42 Å². The number of nitroso groups, excluding NO2 is 1. The third-order valence-corrected chi connectivity index (χ3v) is 3.97. The molecule has 0 aromatic heterocycles. The molecular formula is C8H18ClN3O3S. The standard InChI is InChI=1S/C8H18ClN3O3S/c1-8(2)4-6-11(3)16(14,15)12(10-13)7-5-9/h8H,4-7H2,1-3H3. The van der Waals surface area contributed by atoms with E-state index in [2.05, 4.69) is 5.29 Å². The second-order valence-electron chi connectivity index (χ2n) is 3.83. The van der Waals surface area contributed by atoms with E-state index >= 15 is 0 Å². The van der Waals surface area contributed by atoms with E-state index in [1.165, 1.54) is 7.05 Å². The minimum Gasteiger partial charge on any atom is -0.187 e. The average Bonchev–Trinajstić information content (AvgIpc) is 2.21. The van der Waals surface area contributed by atoms with Crippen LogP contribution < -0.4 is 0 Å². The average molecular weight is 272 g/mol. The molecule has 16 heavy (non-hydrogen) atoms. The van der Waals surface area contributed by atoms with Crippen molar-refractivity contribution in [2.24, 2.45) is 11.2 Å². The lowest BCUT2D eigenvalue weighted by Crippen LogP contribution is -2.40. The molecule has 96 valence electrons. The smallest absolute Gasteiger partial charge is 0.187 e. The van der Waals surface area contributed by atoms with E-state index in [-0.39, 0.29) is 12.4 Å². The Bertz CT molecular complexity index is 308. The number of rotatable bonds is 8. The molecule has 0 N–H and O–H groups in total. The number of halogens is 1. The normalized spacial score (nSPS) is 12.1. The molecule has 0 fully saturated rings. The van der Waals surface area contributed by atoms with Crippen molar-refractivity contribution in [2.75, 3.05) is 26.0 Å². The van der Waals surface area contributed by atoms with Gasteiger partial charge in [-0.3, -0.25) is 0 Å². The van der Waals surface area contributed by atoms with Gasteiger partial charge >= 0.3 is 10.2 Å². The van der Waals surface area contributed by atoms with E-state index in [1.807, 2.05) is 13.8 Å².